The minimum atomic E-state index is -1.55. The van der Waals surface area contributed by atoms with Crippen molar-refractivity contribution in [3.05, 3.63) is 40.6 Å². The third kappa shape index (κ3) is 2.46. The summed E-state index contributed by atoms with van der Waals surface area (Å²) in [6.45, 7) is 3.61. The van der Waals surface area contributed by atoms with Crippen molar-refractivity contribution in [2.24, 2.45) is 5.92 Å². The zero-order valence-electron chi connectivity index (χ0n) is 12.8. The number of aromatic nitrogens is 1. The van der Waals surface area contributed by atoms with Crippen LogP contribution < -0.4 is 0 Å². The van der Waals surface area contributed by atoms with E-state index < -0.39 is 28.8 Å². The number of aromatic carboxylic acids is 1. The van der Waals surface area contributed by atoms with Crippen molar-refractivity contribution in [3.8, 4) is 0 Å². The van der Waals surface area contributed by atoms with Gasteiger partial charge in [-0.15, -0.1) is 0 Å². The fraction of sp³-hybridized carbons (Fsp3) is 0.412. The molecule has 0 saturated carbocycles. The van der Waals surface area contributed by atoms with E-state index in [2.05, 4.69) is 4.98 Å². The number of pyridine rings is 1. The van der Waals surface area contributed by atoms with E-state index >= 15 is 0 Å². The molecule has 1 unspecified atom stereocenters. The Labute approximate surface area is 131 Å². The summed E-state index contributed by atoms with van der Waals surface area (Å²) in [6.07, 6.45) is 0.777. The second-order valence-electron chi connectivity index (χ2n) is 6.39. The molecular formula is C17H16F3NO2. The maximum atomic E-state index is 14.9. The fourth-order valence-electron chi connectivity index (χ4n) is 3.09. The first-order valence-electron chi connectivity index (χ1n) is 7.45. The molecule has 1 aromatic heterocycles. The minimum absolute atomic E-state index is 0.143. The summed E-state index contributed by atoms with van der Waals surface area (Å²) in [7, 11) is 0. The van der Waals surface area contributed by atoms with Crippen LogP contribution in [0.5, 0.6) is 0 Å². The number of fused-ring (bicyclic) bond motifs is 2. The highest BCUT2D eigenvalue weighted by Crippen LogP contribution is 2.38. The average molecular weight is 323 g/mol. The number of carbonyl (C=O) groups is 1. The van der Waals surface area contributed by atoms with Gasteiger partial charge in [0.25, 0.3) is 0 Å². The zero-order chi connectivity index (χ0) is 16.9. The number of rotatable bonds is 2. The number of hydrogen-bond donors (Lipinski definition) is 1. The maximum absolute atomic E-state index is 14.9. The van der Waals surface area contributed by atoms with Crippen molar-refractivity contribution in [1.82, 2.24) is 4.98 Å². The lowest BCUT2D eigenvalue weighted by Gasteiger charge is -2.34. The number of halogens is 3. The highest BCUT2D eigenvalue weighted by Gasteiger charge is 2.38. The van der Waals surface area contributed by atoms with Crippen molar-refractivity contribution in [1.29, 1.82) is 0 Å². The van der Waals surface area contributed by atoms with Crippen molar-refractivity contribution >= 4 is 16.9 Å². The van der Waals surface area contributed by atoms with E-state index in [-0.39, 0.29) is 29.7 Å². The quantitative estimate of drug-likeness (QED) is 0.906. The summed E-state index contributed by atoms with van der Waals surface area (Å²) >= 11 is 0. The van der Waals surface area contributed by atoms with Crippen LogP contribution in [0.3, 0.4) is 0 Å². The molecule has 1 N–H and O–H groups in total. The number of alkyl halides is 1. The van der Waals surface area contributed by atoms with Crippen LogP contribution in [0.4, 0.5) is 13.2 Å². The second-order valence-corrected chi connectivity index (χ2v) is 6.39. The SMILES string of the molecule is CC(C)C1(F)CCc2nc3c(F)c(F)c(C(=O)O)cc3cc2C1. The Morgan fingerprint density at radius 2 is 2.00 bits per heavy atom. The Bertz CT molecular complexity index is 819. The van der Waals surface area contributed by atoms with Crippen LogP contribution in [0.2, 0.25) is 0 Å². The lowest BCUT2D eigenvalue weighted by atomic mass is 9.77. The Morgan fingerprint density at radius 1 is 1.30 bits per heavy atom. The summed E-state index contributed by atoms with van der Waals surface area (Å²) in [5.41, 5.74) is -1.14. The van der Waals surface area contributed by atoms with E-state index in [0.29, 0.717) is 17.7 Å². The Balaban J connectivity index is 2.19. The standard InChI is InChI=1S/C17H16F3NO2/c1-8(2)17(20)4-3-12-10(7-17)5-9-6-11(16(22)23)13(18)14(19)15(9)21-12/h5-6,8H,3-4,7H2,1-2H3,(H,22,23). The summed E-state index contributed by atoms with van der Waals surface area (Å²) in [6, 6.07) is 2.58. The first-order valence-corrected chi connectivity index (χ1v) is 7.45. The number of carboxylic acids is 1. The molecule has 23 heavy (non-hydrogen) atoms. The molecule has 0 spiro atoms. The number of aryl methyl sites for hydroxylation is 1. The molecule has 3 rings (SSSR count). The molecule has 1 aliphatic rings. The minimum Gasteiger partial charge on any atom is -0.478 e. The first-order chi connectivity index (χ1) is 10.7. The zero-order valence-corrected chi connectivity index (χ0v) is 12.8. The predicted octanol–water partition coefficient (Wildman–Crippen LogP) is 4.06. The van der Waals surface area contributed by atoms with E-state index in [4.69, 9.17) is 5.11 Å². The Morgan fingerprint density at radius 3 is 2.61 bits per heavy atom. The third-order valence-corrected chi connectivity index (χ3v) is 4.68. The molecular weight excluding hydrogens is 307 g/mol. The van der Waals surface area contributed by atoms with Crippen LogP contribution in [-0.4, -0.2) is 21.7 Å². The van der Waals surface area contributed by atoms with Gasteiger partial charge in [0.15, 0.2) is 11.6 Å². The van der Waals surface area contributed by atoms with Gasteiger partial charge in [-0.1, -0.05) is 13.8 Å². The molecule has 0 saturated heterocycles. The number of benzene rings is 1. The van der Waals surface area contributed by atoms with Crippen molar-refractivity contribution < 1.29 is 23.1 Å². The summed E-state index contributed by atoms with van der Waals surface area (Å²) in [5, 5.41) is 9.13. The van der Waals surface area contributed by atoms with E-state index in [1.807, 2.05) is 0 Å². The van der Waals surface area contributed by atoms with Crippen molar-refractivity contribution in [2.75, 3.05) is 0 Å². The highest BCUT2D eigenvalue weighted by atomic mass is 19.2. The van der Waals surface area contributed by atoms with Crippen LogP contribution >= 0.6 is 0 Å². The highest BCUT2D eigenvalue weighted by molar-refractivity contribution is 5.94. The van der Waals surface area contributed by atoms with E-state index in [9.17, 15) is 18.0 Å². The largest absolute Gasteiger partial charge is 0.478 e. The van der Waals surface area contributed by atoms with Crippen LogP contribution in [0, 0.1) is 17.6 Å². The van der Waals surface area contributed by atoms with Crippen LogP contribution in [0.1, 0.15) is 41.9 Å². The second kappa shape index (κ2) is 5.22. The first kappa shape index (κ1) is 15.8. The summed E-state index contributed by atoms with van der Waals surface area (Å²) in [5.74, 6) is -4.42. The molecule has 0 aliphatic heterocycles. The van der Waals surface area contributed by atoms with Crippen molar-refractivity contribution in [2.45, 2.75) is 38.8 Å². The van der Waals surface area contributed by atoms with Crippen LogP contribution in [0.15, 0.2) is 12.1 Å². The molecule has 0 fully saturated rings. The lowest BCUT2D eigenvalue weighted by Crippen LogP contribution is -2.36. The normalized spacial score (nSPS) is 20.8. The Hall–Kier alpha value is -2.11. The molecule has 6 heteroatoms. The number of nitrogens with zero attached hydrogens (tertiary/aromatic N) is 1. The molecule has 0 radical (unpaired) electrons. The summed E-state index contributed by atoms with van der Waals surface area (Å²) in [4.78, 5) is 15.1. The van der Waals surface area contributed by atoms with Crippen LogP contribution in [-0.2, 0) is 12.8 Å². The van der Waals surface area contributed by atoms with E-state index in [1.54, 1.807) is 13.8 Å². The molecule has 0 bridgehead atoms. The van der Waals surface area contributed by atoms with E-state index in [1.165, 1.54) is 6.07 Å². The predicted molar refractivity (Wildman–Crippen MR) is 79.3 cm³/mol. The lowest BCUT2D eigenvalue weighted by molar-refractivity contribution is 0.0690. The van der Waals surface area contributed by atoms with Gasteiger partial charge in [-0.2, -0.15) is 0 Å². The van der Waals surface area contributed by atoms with E-state index in [0.717, 1.165) is 6.07 Å². The topological polar surface area (TPSA) is 50.2 Å². The van der Waals surface area contributed by atoms with Gasteiger partial charge in [-0.3, -0.25) is 0 Å². The number of hydrogen-bond acceptors (Lipinski definition) is 2. The molecule has 2 aromatic rings. The molecule has 1 aliphatic carbocycles. The van der Waals surface area contributed by atoms with Crippen LogP contribution in [0.25, 0.3) is 10.9 Å². The molecule has 122 valence electrons. The fourth-order valence-corrected chi connectivity index (χ4v) is 3.09. The van der Waals surface area contributed by atoms with Gasteiger partial charge in [0, 0.05) is 17.5 Å². The molecule has 1 aromatic carbocycles. The van der Waals surface area contributed by atoms with Gasteiger partial charge in [-0.25, -0.2) is 22.9 Å². The smallest absolute Gasteiger partial charge is 0.338 e. The Kier molecular flexibility index (Phi) is 3.58. The van der Waals surface area contributed by atoms with Gasteiger partial charge < -0.3 is 5.11 Å². The molecule has 0 amide bonds. The monoisotopic (exact) mass is 323 g/mol. The molecule has 3 nitrogen and oxygen atoms in total. The summed E-state index contributed by atoms with van der Waals surface area (Å²) < 4.78 is 42.8. The van der Waals surface area contributed by atoms with Gasteiger partial charge in [0.05, 0.1) is 5.56 Å². The maximum Gasteiger partial charge on any atom is 0.338 e. The van der Waals surface area contributed by atoms with Gasteiger partial charge in [0.1, 0.15) is 11.2 Å². The number of carboxylic acid groups (broad SMARTS) is 1. The third-order valence-electron chi connectivity index (χ3n) is 4.68. The van der Waals surface area contributed by atoms with Gasteiger partial charge in [-0.05, 0) is 36.5 Å². The van der Waals surface area contributed by atoms with Crippen molar-refractivity contribution in [3.63, 3.8) is 0 Å². The van der Waals surface area contributed by atoms with Gasteiger partial charge in [0.2, 0.25) is 0 Å². The van der Waals surface area contributed by atoms with Gasteiger partial charge >= 0.3 is 5.97 Å². The average Bonchev–Trinajstić information content (AvgIpc) is 2.49. The molecule has 1 heterocycles. The molecule has 1 atom stereocenters.